The molecule has 0 saturated heterocycles. The van der Waals surface area contributed by atoms with Crippen LogP contribution in [0.15, 0.2) is 24.3 Å². The maximum atomic E-state index is 9.30. The van der Waals surface area contributed by atoms with Gasteiger partial charge in [0.2, 0.25) is 0 Å². The predicted molar refractivity (Wildman–Crippen MR) is 84.4 cm³/mol. The van der Waals surface area contributed by atoms with Gasteiger partial charge in [0.05, 0.1) is 12.1 Å². The van der Waals surface area contributed by atoms with E-state index >= 15 is 0 Å². The Labute approximate surface area is 128 Å². The first-order valence-corrected chi connectivity index (χ1v) is 8.03. The smallest absolute Gasteiger partial charge is 0.140 e. The Bertz CT molecular complexity index is 533. The van der Waals surface area contributed by atoms with E-state index in [2.05, 4.69) is 50.3 Å². The Morgan fingerprint density at radius 3 is 2.52 bits per heavy atom. The third kappa shape index (κ3) is 3.85. The van der Waals surface area contributed by atoms with Crippen LogP contribution in [0.3, 0.4) is 0 Å². The van der Waals surface area contributed by atoms with Gasteiger partial charge >= 0.3 is 0 Å². The lowest BCUT2D eigenvalue weighted by Crippen LogP contribution is -2.16. The molecule has 0 N–H and O–H groups in total. The summed E-state index contributed by atoms with van der Waals surface area (Å²) in [5, 5.41) is 18.6. The molecular weight excluding hydrogens is 256 g/mol. The molecule has 2 unspecified atom stereocenters. The van der Waals surface area contributed by atoms with Crippen LogP contribution in [0.1, 0.15) is 56.6 Å². The van der Waals surface area contributed by atoms with E-state index < -0.39 is 5.92 Å². The van der Waals surface area contributed by atoms with Crippen molar-refractivity contribution >= 4 is 0 Å². The Kier molecular flexibility index (Phi) is 5.40. The number of benzene rings is 1. The highest BCUT2D eigenvalue weighted by Crippen LogP contribution is 2.35. The number of aryl methyl sites for hydroxylation is 1. The Morgan fingerprint density at radius 1 is 1.10 bits per heavy atom. The van der Waals surface area contributed by atoms with Crippen LogP contribution in [-0.2, 0) is 6.42 Å². The molecule has 0 aliphatic heterocycles. The molecule has 21 heavy (non-hydrogen) atoms. The molecule has 2 nitrogen and oxygen atoms in total. The normalized spacial score (nSPS) is 22.6. The van der Waals surface area contributed by atoms with Gasteiger partial charge in [-0.15, -0.1) is 0 Å². The van der Waals surface area contributed by atoms with Gasteiger partial charge in [-0.1, -0.05) is 38.1 Å². The molecular formula is C19H24N2. The van der Waals surface area contributed by atoms with Crippen molar-refractivity contribution in [1.29, 1.82) is 10.5 Å². The molecule has 1 aliphatic rings. The van der Waals surface area contributed by atoms with E-state index in [1.807, 2.05) is 0 Å². The summed E-state index contributed by atoms with van der Waals surface area (Å²) in [5.41, 5.74) is 2.52. The highest BCUT2D eigenvalue weighted by atomic mass is 14.4. The van der Waals surface area contributed by atoms with Crippen molar-refractivity contribution in [2.45, 2.75) is 51.9 Å². The molecule has 2 rings (SSSR count). The number of rotatable bonds is 2. The van der Waals surface area contributed by atoms with Gasteiger partial charge in [0.15, 0.2) is 0 Å². The summed E-state index contributed by atoms with van der Waals surface area (Å²) in [6.07, 6.45) is 5.65. The van der Waals surface area contributed by atoms with Crippen LogP contribution in [0.25, 0.3) is 0 Å². The van der Waals surface area contributed by atoms with Crippen LogP contribution < -0.4 is 0 Å². The fraction of sp³-hybridized carbons (Fsp3) is 0.579. The number of nitriles is 2. The molecule has 0 radical (unpaired) electrons. The lowest BCUT2D eigenvalue weighted by atomic mass is 9.77. The van der Waals surface area contributed by atoms with Crippen molar-refractivity contribution in [1.82, 2.24) is 0 Å². The molecule has 0 fully saturated rings. The van der Waals surface area contributed by atoms with E-state index in [0.29, 0.717) is 11.8 Å². The molecule has 1 aromatic carbocycles. The van der Waals surface area contributed by atoms with Gasteiger partial charge < -0.3 is 0 Å². The lowest BCUT2D eigenvalue weighted by molar-refractivity contribution is 0.306. The van der Waals surface area contributed by atoms with E-state index in [0.717, 1.165) is 19.3 Å². The van der Waals surface area contributed by atoms with Gasteiger partial charge in [-0.2, -0.15) is 10.5 Å². The van der Waals surface area contributed by atoms with Gasteiger partial charge in [0, 0.05) is 5.92 Å². The van der Waals surface area contributed by atoms with Crippen LogP contribution in [0, 0.1) is 40.4 Å². The van der Waals surface area contributed by atoms with Gasteiger partial charge in [-0.3, -0.25) is 0 Å². The first-order chi connectivity index (χ1) is 10.2. The molecule has 1 aliphatic carbocycles. The first kappa shape index (κ1) is 15.6. The summed E-state index contributed by atoms with van der Waals surface area (Å²) >= 11 is 0. The largest absolute Gasteiger partial charge is 0.197 e. The third-order valence-electron chi connectivity index (χ3n) is 4.89. The third-order valence-corrected chi connectivity index (χ3v) is 4.89. The molecule has 0 amide bonds. The zero-order valence-electron chi connectivity index (χ0n) is 13.0. The van der Waals surface area contributed by atoms with Crippen LogP contribution in [0.4, 0.5) is 0 Å². The van der Waals surface area contributed by atoms with Crippen molar-refractivity contribution in [2.75, 3.05) is 0 Å². The number of hydrogen-bond donors (Lipinski definition) is 0. The van der Waals surface area contributed by atoms with Crippen molar-refractivity contribution < 1.29 is 0 Å². The van der Waals surface area contributed by atoms with Gasteiger partial charge in [0.25, 0.3) is 0 Å². The fourth-order valence-electron chi connectivity index (χ4n) is 3.49. The van der Waals surface area contributed by atoms with E-state index in [-0.39, 0.29) is 5.92 Å². The van der Waals surface area contributed by atoms with Gasteiger partial charge in [-0.05, 0) is 55.1 Å². The molecule has 0 saturated carbocycles. The summed E-state index contributed by atoms with van der Waals surface area (Å²) in [5.74, 6) is 0.896. The summed E-state index contributed by atoms with van der Waals surface area (Å²) in [7, 11) is 0. The second-order valence-corrected chi connectivity index (χ2v) is 6.56. The Morgan fingerprint density at radius 2 is 1.86 bits per heavy atom. The van der Waals surface area contributed by atoms with Crippen molar-refractivity contribution in [3.05, 3.63) is 35.4 Å². The topological polar surface area (TPSA) is 47.6 Å². The van der Waals surface area contributed by atoms with Crippen molar-refractivity contribution in [3.63, 3.8) is 0 Å². The van der Waals surface area contributed by atoms with Crippen LogP contribution >= 0.6 is 0 Å². The average Bonchev–Trinajstić information content (AvgIpc) is 2.49. The lowest BCUT2D eigenvalue weighted by Gasteiger charge is -2.26. The zero-order valence-corrected chi connectivity index (χ0v) is 13.0. The first-order valence-electron chi connectivity index (χ1n) is 8.03. The second-order valence-electron chi connectivity index (χ2n) is 6.56. The molecule has 1 aromatic rings. The second kappa shape index (κ2) is 7.28. The summed E-state index contributed by atoms with van der Waals surface area (Å²) in [6.45, 7) is 4.58. The minimum atomic E-state index is -0.535. The van der Waals surface area contributed by atoms with Crippen molar-refractivity contribution in [2.24, 2.45) is 17.8 Å². The maximum absolute atomic E-state index is 9.30. The molecule has 110 valence electrons. The highest BCUT2D eigenvalue weighted by molar-refractivity contribution is 5.30. The Hall–Kier alpha value is -1.80. The minimum absolute atomic E-state index is 0.0549. The van der Waals surface area contributed by atoms with E-state index in [1.165, 1.54) is 24.0 Å². The molecule has 2 heteroatoms. The molecule has 0 aromatic heterocycles. The molecule has 2 atom stereocenters. The molecule has 2 bridgehead atoms. The van der Waals surface area contributed by atoms with Gasteiger partial charge in [0.1, 0.15) is 5.92 Å². The summed E-state index contributed by atoms with van der Waals surface area (Å²) in [4.78, 5) is 0. The summed E-state index contributed by atoms with van der Waals surface area (Å²) < 4.78 is 0. The minimum Gasteiger partial charge on any atom is -0.197 e. The van der Waals surface area contributed by atoms with Gasteiger partial charge in [-0.25, -0.2) is 0 Å². The quantitative estimate of drug-likeness (QED) is 0.779. The van der Waals surface area contributed by atoms with Crippen LogP contribution in [-0.4, -0.2) is 0 Å². The monoisotopic (exact) mass is 280 g/mol. The predicted octanol–water partition coefficient (Wildman–Crippen LogP) is 4.82. The highest BCUT2D eigenvalue weighted by Gasteiger charge is 2.26. The standard InChI is InChI=1S/C19H24N2/c1-14(2)16-7-3-5-15-6-4-8-17(11-15)19(10-9-16)18(12-20)13-21/h4,6,8,11,14,16,18-19H,3,5,7,9-10H2,1-2H3. The molecule has 0 heterocycles. The SMILES string of the molecule is CC(C)C1CCCc2cccc(c2)C(C(C#N)C#N)CC1. The zero-order chi connectivity index (χ0) is 15.2. The van der Waals surface area contributed by atoms with E-state index in [1.54, 1.807) is 0 Å². The van der Waals surface area contributed by atoms with Crippen LogP contribution in [0.2, 0.25) is 0 Å². The summed E-state index contributed by atoms with van der Waals surface area (Å²) in [6, 6.07) is 12.9. The Balaban J connectivity index is 2.32. The molecule has 0 spiro atoms. The van der Waals surface area contributed by atoms with Crippen LogP contribution in [0.5, 0.6) is 0 Å². The maximum Gasteiger partial charge on any atom is 0.140 e. The number of hydrogen-bond acceptors (Lipinski definition) is 2. The average molecular weight is 280 g/mol. The number of fused-ring (bicyclic) bond motifs is 2. The number of nitrogens with zero attached hydrogens (tertiary/aromatic N) is 2. The fourth-order valence-corrected chi connectivity index (χ4v) is 3.49. The van der Waals surface area contributed by atoms with E-state index in [9.17, 15) is 10.5 Å². The van der Waals surface area contributed by atoms with Crippen molar-refractivity contribution in [3.8, 4) is 12.1 Å². The van der Waals surface area contributed by atoms with E-state index in [4.69, 9.17) is 0 Å².